The van der Waals surface area contributed by atoms with Gasteiger partial charge in [-0.25, -0.2) is 9.82 Å². The van der Waals surface area contributed by atoms with Crippen LogP contribution >= 0.6 is 23.2 Å². The van der Waals surface area contributed by atoms with Crippen molar-refractivity contribution in [2.24, 2.45) is 0 Å². The first-order valence-electron chi connectivity index (χ1n) is 9.43. The minimum Gasteiger partial charge on any atom is -0.394 e. The molecule has 0 fully saturated rings. The lowest BCUT2D eigenvalue weighted by Gasteiger charge is -2.24. The fraction of sp³-hybridized carbons (Fsp3) is 0.174. The van der Waals surface area contributed by atoms with Crippen LogP contribution in [0.25, 0.3) is 0 Å². The molecule has 2 N–H and O–H groups in total. The summed E-state index contributed by atoms with van der Waals surface area (Å²) in [6.07, 6.45) is 0. The molecule has 0 spiro atoms. The van der Waals surface area contributed by atoms with Gasteiger partial charge in [0.1, 0.15) is 11.9 Å². The van der Waals surface area contributed by atoms with E-state index in [4.69, 9.17) is 33.3 Å². The molecular formula is C23H21Cl2FN4O. The average molecular weight is 459 g/mol. The van der Waals surface area contributed by atoms with Crippen molar-refractivity contribution < 1.29 is 9.23 Å². The van der Waals surface area contributed by atoms with Crippen molar-refractivity contribution in [3.63, 3.8) is 0 Å². The Morgan fingerprint density at radius 3 is 2.39 bits per heavy atom. The van der Waals surface area contributed by atoms with Gasteiger partial charge in [0.15, 0.2) is 5.75 Å². The molecule has 1 unspecified atom stereocenters. The van der Waals surface area contributed by atoms with Crippen LogP contribution in [0.1, 0.15) is 28.3 Å². The molecule has 31 heavy (non-hydrogen) atoms. The van der Waals surface area contributed by atoms with Crippen LogP contribution in [0.2, 0.25) is 10.0 Å². The zero-order valence-electron chi connectivity index (χ0n) is 17.0. The minimum atomic E-state index is -0.651. The number of hydrogen-bond donors (Lipinski definition) is 2. The maximum Gasteiger partial charge on any atom is 0.152 e. The number of nitrogens with one attached hydrogen (secondary N) is 2. The Labute approximate surface area is 190 Å². The van der Waals surface area contributed by atoms with E-state index in [1.54, 1.807) is 6.07 Å². The molecule has 160 valence electrons. The predicted octanol–water partition coefficient (Wildman–Crippen LogP) is 5.24. The maximum absolute atomic E-state index is 13.8. The van der Waals surface area contributed by atoms with E-state index in [2.05, 4.69) is 15.9 Å². The van der Waals surface area contributed by atoms with Gasteiger partial charge < -0.3 is 9.74 Å². The fourth-order valence-electron chi connectivity index (χ4n) is 3.13. The van der Waals surface area contributed by atoms with Crippen molar-refractivity contribution in [2.45, 2.75) is 12.6 Å². The predicted molar refractivity (Wildman–Crippen MR) is 120 cm³/mol. The summed E-state index contributed by atoms with van der Waals surface area (Å²) >= 11 is 12.3. The number of rotatable bonds is 8. The molecule has 5 nitrogen and oxygen atoms in total. The van der Waals surface area contributed by atoms with Gasteiger partial charge in [0.05, 0.1) is 11.6 Å². The Morgan fingerprint density at radius 2 is 1.74 bits per heavy atom. The second-order valence-corrected chi connectivity index (χ2v) is 8.04. The maximum atomic E-state index is 13.8. The highest BCUT2D eigenvalue weighted by Gasteiger charge is 2.19. The van der Waals surface area contributed by atoms with Gasteiger partial charge in [0, 0.05) is 22.7 Å². The Morgan fingerprint density at radius 1 is 1.03 bits per heavy atom. The lowest BCUT2D eigenvalue weighted by molar-refractivity contribution is 0.137. The minimum absolute atomic E-state index is 0.0474. The second-order valence-electron chi connectivity index (χ2n) is 7.17. The molecule has 0 radical (unpaired) electrons. The monoisotopic (exact) mass is 458 g/mol. The SMILES string of the molecule is CN(C)Cc1cc(Cl)ccc1C(NNOc1ccc(C#N)c(F)c1)c1ccc(Cl)cc1. The summed E-state index contributed by atoms with van der Waals surface area (Å²) in [4.78, 5) is 7.51. The highest BCUT2D eigenvalue weighted by Crippen LogP contribution is 2.29. The molecule has 0 aromatic heterocycles. The standard InChI is InChI=1S/C23H21Cl2FN4O/c1-30(2)14-17-11-19(25)8-10-21(17)23(15-3-6-18(24)7-4-15)28-29-31-20-9-5-16(13-27)22(26)12-20/h3-12,23,28-29H,14H2,1-2H3. The summed E-state index contributed by atoms with van der Waals surface area (Å²) in [5, 5.41) is 10.1. The Balaban J connectivity index is 1.87. The molecule has 0 saturated heterocycles. The fourth-order valence-corrected chi connectivity index (χ4v) is 3.45. The van der Waals surface area contributed by atoms with Crippen molar-refractivity contribution >= 4 is 23.2 Å². The molecule has 0 saturated carbocycles. The quantitative estimate of drug-likeness (QED) is 0.451. The third kappa shape index (κ3) is 6.17. The van der Waals surface area contributed by atoms with Gasteiger partial charge in [-0.1, -0.05) is 47.0 Å². The van der Waals surface area contributed by atoms with E-state index < -0.39 is 5.82 Å². The van der Waals surface area contributed by atoms with Crippen molar-refractivity contribution in [3.8, 4) is 11.8 Å². The van der Waals surface area contributed by atoms with E-state index in [0.29, 0.717) is 16.6 Å². The molecule has 0 aliphatic rings. The molecule has 3 aromatic carbocycles. The van der Waals surface area contributed by atoms with E-state index in [1.807, 2.05) is 56.6 Å². The smallest absolute Gasteiger partial charge is 0.152 e. The zero-order chi connectivity index (χ0) is 22.4. The molecule has 0 aliphatic carbocycles. The molecule has 0 heterocycles. The number of benzene rings is 3. The normalized spacial score (nSPS) is 11.9. The largest absolute Gasteiger partial charge is 0.394 e. The first-order chi connectivity index (χ1) is 14.9. The van der Waals surface area contributed by atoms with Crippen LogP contribution in [0.3, 0.4) is 0 Å². The molecular weight excluding hydrogens is 438 g/mol. The van der Waals surface area contributed by atoms with Gasteiger partial charge in [0.2, 0.25) is 0 Å². The van der Waals surface area contributed by atoms with Crippen molar-refractivity contribution in [1.29, 1.82) is 5.26 Å². The topological polar surface area (TPSA) is 60.3 Å². The summed E-state index contributed by atoms with van der Waals surface area (Å²) in [6, 6.07) is 18.6. The molecule has 8 heteroatoms. The van der Waals surface area contributed by atoms with Gasteiger partial charge in [0.25, 0.3) is 0 Å². The van der Waals surface area contributed by atoms with Crippen LogP contribution < -0.4 is 15.9 Å². The molecule has 3 aromatic rings. The first-order valence-corrected chi connectivity index (χ1v) is 10.2. The third-order valence-corrected chi connectivity index (χ3v) is 5.03. The van der Waals surface area contributed by atoms with E-state index in [1.165, 1.54) is 12.1 Å². The van der Waals surface area contributed by atoms with Crippen LogP contribution in [-0.4, -0.2) is 19.0 Å². The summed E-state index contributed by atoms with van der Waals surface area (Å²) in [7, 11) is 3.96. The third-order valence-electron chi connectivity index (χ3n) is 4.54. The molecule has 0 aliphatic heterocycles. The lowest BCUT2D eigenvalue weighted by Crippen LogP contribution is -2.39. The molecule has 0 amide bonds. The lowest BCUT2D eigenvalue weighted by atomic mass is 9.94. The Bertz CT molecular complexity index is 1080. The van der Waals surface area contributed by atoms with E-state index in [0.717, 1.165) is 22.8 Å². The molecule has 3 rings (SSSR count). The number of hydrogen-bond acceptors (Lipinski definition) is 5. The highest BCUT2D eigenvalue weighted by molar-refractivity contribution is 6.30. The van der Waals surface area contributed by atoms with Crippen molar-refractivity contribution in [3.05, 3.63) is 98.8 Å². The molecule has 1 atom stereocenters. The second kappa shape index (κ2) is 10.6. The summed E-state index contributed by atoms with van der Waals surface area (Å²) in [5.74, 6) is -0.425. The molecule has 0 bridgehead atoms. The zero-order valence-corrected chi connectivity index (χ0v) is 18.5. The van der Waals surface area contributed by atoms with Crippen LogP contribution in [0, 0.1) is 17.1 Å². The summed E-state index contributed by atoms with van der Waals surface area (Å²) < 4.78 is 13.8. The number of hydrazine groups is 1. The van der Waals surface area contributed by atoms with E-state index >= 15 is 0 Å². The van der Waals surface area contributed by atoms with Crippen LogP contribution in [0.4, 0.5) is 4.39 Å². The van der Waals surface area contributed by atoms with Crippen LogP contribution in [-0.2, 0) is 6.54 Å². The highest BCUT2D eigenvalue weighted by atomic mass is 35.5. The van der Waals surface area contributed by atoms with Crippen molar-refractivity contribution in [2.75, 3.05) is 14.1 Å². The number of nitriles is 1. The first kappa shape index (κ1) is 23.0. The summed E-state index contributed by atoms with van der Waals surface area (Å²) in [6.45, 7) is 0.684. The number of nitrogens with zero attached hydrogens (tertiary/aromatic N) is 2. The Hall–Kier alpha value is -2.66. The van der Waals surface area contributed by atoms with Gasteiger partial charge >= 0.3 is 0 Å². The van der Waals surface area contributed by atoms with Gasteiger partial charge in [-0.3, -0.25) is 0 Å². The van der Waals surface area contributed by atoms with Gasteiger partial charge in [-0.15, -0.1) is 0 Å². The van der Waals surface area contributed by atoms with Gasteiger partial charge in [-0.05, 0) is 67.2 Å². The van der Waals surface area contributed by atoms with Crippen LogP contribution in [0.15, 0.2) is 60.7 Å². The average Bonchev–Trinajstić information content (AvgIpc) is 2.72. The number of halogens is 3. The summed E-state index contributed by atoms with van der Waals surface area (Å²) in [5.41, 5.74) is 8.75. The Kier molecular flexibility index (Phi) is 7.85. The van der Waals surface area contributed by atoms with Crippen molar-refractivity contribution in [1.82, 2.24) is 15.9 Å². The van der Waals surface area contributed by atoms with Crippen LogP contribution in [0.5, 0.6) is 5.75 Å². The van der Waals surface area contributed by atoms with E-state index in [-0.39, 0.29) is 17.4 Å². The van der Waals surface area contributed by atoms with E-state index in [9.17, 15) is 4.39 Å². The van der Waals surface area contributed by atoms with Gasteiger partial charge in [-0.2, -0.15) is 5.26 Å².